The predicted octanol–water partition coefficient (Wildman–Crippen LogP) is 1.78. The Bertz CT molecular complexity index is 417. The molecule has 0 radical (unpaired) electrons. The van der Waals surface area contributed by atoms with Gasteiger partial charge in [-0.05, 0) is 25.5 Å². The minimum absolute atomic E-state index is 0.0920. The van der Waals surface area contributed by atoms with Gasteiger partial charge in [0.1, 0.15) is 11.9 Å². The average Bonchev–Trinajstić information content (AvgIpc) is 2.35. The van der Waals surface area contributed by atoms with E-state index in [0.29, 0.717) is 6.54 Å². The molecule has 1 aromatic rings. The first kappa shape index (κ1) is 14.0. The largest absolute Gasteiger partial charge is 0.489 e. The summed E-state index contributed by atoms with van der Waals surface area (Å²) in [6.07, 6.45) is 0.611. The highest BCUT2D eigenvalue weighted by Gasteiger charge is 2.12. The van der Waals surface area contributed by atoms with Gasteiger partial charge in [0.2, 0.25) is 10.0 Å². The third-order valence-electron chi connectivity index (χ3n) is 2.41. The Balaban J connectivity index is 2.50. The van der Waals surface area contributed by atoms with Crippen molar-refractivity contribution < 1.29 is 13.2 Å². The van der Waals surface area contributed by atoms with E-state index >= 15 is 0 Å². The van der Waals surface area contributed by atoms with Crippen LogP contribution < -0.4 is 9.46 Å². The summed E-state index contributed by atoms with van der Waals surface area (Å²) in [5, 5.41) is 0. The molecule has 0 aromatic heterocycles. The van der Waals surface area contributed by atoms with Crippen molar-refractivity contribution in [3.05, 3.63) is 30.3 Å². The second-order valence-corrected chi connectivity index (χ2v) is 5.81. The molecule has 1 atom stereocenters. The number of nitrogens with one attached hydrogen (secondary N) is 1. The summed E-state index contributed by atoms with van der Waals surface area (Å²) in [5.41, 5.74) is 0. The molecule has 0 heterocycles. The topological polar surface area (TPSA) is 55.4 Å². The van der Waals surface area contributed by atoms with Crippen LogP contribution in [0, 0.1) is 0 Å². The SMILES string of the molecule is CCC(CNS(=O)(=O)CC)Oc1ccccc1. The van der Waals surface area contributed by atoms with Crippen LogP contribution in [0.4, 0.5) is 0 Å². The highest BCUT2D eigenvalue weighted by atomic mass is 32.2. The first-order chi connectivity index (χ1) is 8.07. The van der Waals surface area contributed by atoms with Crippen molar-refractivity contribution in [3.63, 3.8) is 0 Å². The standard InChI is InChI=1S/C12H19NO3S/c1-3-11(10-13-17(14,15)4-2)16-12-8-6-5-7-9-12/h5-9,11,13H,3-4,10H2,1-2H3. The lowest BCUT2D eigenvalue weighted by Crippen LogP contribution is -2.35. The van der Waals surface area contributed by atoms with Gasteiger partial charge >= 0.3 is 0 Å². The van der Waals surface area contributed by atoms with Crippen molar-refractivity contribution in [1.29, 1.82) is 0 Å². The van der Waals surface area contributed by atoms with Gasteiger partial charge < -0.3 is 4.74 Å². The van der Waals surface area contributed by atoms with Gasteiger partial charge in [0.25, 0.3) is 0 Å². The number of sulfonamides is 1. The van der Waals surface area contributed by atoms with Crippen LogP contribution in [0.1, 0.15) is 20.3 Å². The molecule has 1 N–H and O–H groups in total. The summed E-state index contributed by atoms with van der Waals surface area (Å²) in [6, 6.07) is 9.40. The van der Waals surface area contributed by atoms with Gasteiger partial charge in [-0.2, -0.15) is 0 Å². The summed E-state index contributed by atoms with van der Waals surface area (Å²) >= 11 is 0. The fraction of sp³-hybridized carbons (Fsp3) is 0.500. The maximum Gasteiger partial charge on any atom is 0.211 e. The van der Waals surface area contributed by atoms with Gasteiger partial charge in [-0.3, -0.25) is 0 Å². The van der Waals surface area contributed by atoms with E-state index in [2.05, 4.69) is 4.72 Å². The molecule has 0 saturated carbocycles. The molecule has 0 amide bonds. The van der Waals surface area contributed by atoms with Crippen LogP contribution in [0.15, 0.2) is 30.3 Å². The Kier molecular flexibility index (Phi) is 5.44. The quantitative estimate of drug-likeness (QED) is 0.810. The van der Waals surface area contributed by atoms with Crippen molar-refractivity contribution in [2.75, 3.05) is 12.3 Å². The molecule has 0 fully saturated rings. The van der Waals surface area contributed by atoms with Crippen LogP contribution in [-0.2, 0) is 10.0 Å². The van der Waals surface area contributed by atoms with Crippen LogP contribution in [0.2, 0.25) is 0 Å². The van der Waals surface area contributed by atoms with Gasteiger partial charge in [0.15, 0.2) is 0 Å². The van der Waals surface area contributed by atoms with E-state index in [9.17, 15) is 8.42 Å². The molecule has 1 unspecified atom stereocenters. The van der Waals surface area contributed by atoms with E-state index in [0.717, 1.165) is 12.2 Å². The molecule has 0 spiro atoms. The van der Waals surface area contributed by atoms with Crippen LogP contribution in [0.3, 0.4) is 0 Å². The minimum atomic E-state index is -3.15. The Labute approximate surface area is 103 Å². The molecule has 96 valence electrons. The van der Waals surface area contributed by atoms with E-state index in [1.165, 1.54) is 0 Å². The molecule has 17 heavy (non-hydrogen) atoms. The van der Waals surface area contributed by atoms with Crippen LogP contribution in [0.25, 0.3) is 0 Å². The Hall–Kier alpha value is -1.07. The average molecular weight is 257 g/mol. The molecule has 0 aliphatic heterocycles. The number of hydrogen-bond acceptors (Lipinski definition) is 3. The molecular formula is C12H19NO3S. The highest BCUT2D eigenvalue weighted by molar-refractivity contribution is 7.89. The van der Waals surface area contributed by atoms with Crippen molar-refractivity contribution >= 4 is 10.0 Å². The number of hydrogen-bond donors (Lipinski definition) is 1. The highest BCUT2D eigenvalue weighted by Crippen LogP contribution is 2.12. The van der Waals surface area contributed by atoms with E-state index in [1.807, 2.05) is 37.3 Å². The summed E-state index contributed by atoms with van der Waals surface area (Å²) < 4.78 is 30.8. The van der Waals surface area contributed by atoms with Gasteiger partial charge in [0, 0.05) is 6.54 Å². The zero-order valence-corrected chi connectivity index (χ0v) is 11.0. The minimum Gasteiger partial charge on any atom is -0.489 e. The third kappa shape index (κ3) is 5.19. The monoisotopic (exact) mass is 257 g/mol. The molecule has 0 bridgehead atoms. The Morgan fingerprint density at radius 1 is 1.24 bits per heavy atom. The molecular weight excluding hydrogens is 238 g/mol. The third-order valence-corrected chi connectivity index (χ3v) is 3.78. The fourth-order valence-corrected chi connectivity index (χ4v) is 1.93. The van der Waals surface area contributed by atoms with Crippen molar-refractivity contribution in [3.8, 4) is 5.75 Å². The first-order valence-electron chi connectivity index (χ1n) is 5.76. The smallest absolute Gasteiger partial charge is 0.211 e. The zero-order chi connectivity index (χ0) is 12.7. The Morgan fingerprint density at radius 2 is 1.88 bits per heavy atom. The second-order valence-electron chi connectivity index (χ2n) is 3.71. The van der Waals surface area contributed by atoms with Gasteiger partial charge in [-0.25, -0.2) is 13.1 Å². The van der Waals surface area contributed by atoms with Crippen LogP contribution in [-0.4, -0.2) is 26.8 Å². The zero-order valence-electron chi connectivity index (χ0n) is 10.2. The summed E-state index contributed by atoms with van der Waals surface area (Å²) in [6.45, 7) is 3.89. The summed E-state index contributed by atoms with van der Waals surface area (Å²) in [4.78, 5) is 0. The van der Waals surface area contributed by atoms with E-state index in [1.54, 1.807) is 6.92 Å². The lowest BCUT2D eigenvalue weighted by molar-refractivity contribution is 0.200. The van der Waals surface area contributed by atoms with E-state index in [-0.39, 0.29) is 11.9 Å². The van der Waals surface area contributed by atoms with Crippen molar-refractivity contribution in [2.45, 2.75) is 26.4 Å². The maximum atomic E-state index is 11.3. The van der Waals surface area contributed by atoms with Gasteiger partial charge in [0.05, 0.1) is 5.75 Å². The number of ether oxygens (including phenoxy) is 1. The Morgan fingerprint density at radius 3 is 2.41 bits per heavy atom. The second kappa shape index (κ2) is 6.61. The lowest BCUT2D eigenvalue weighted by atomic mass is 10.2. The number of rotatable bonds is 7. The number of para-hydroxylation sites is 1. The summed E-state index contributed by atoms with van der Waals surface area (Å²) in [7, 11) is -3.15. The normalized spacial score (nSPS) is 13.3. The van der Waals surface area contributed by atoms with E-state index in [4.69, 9.17) is 4.74 Å². The fourth-order valence-electron chi connectivity index (χ4n) is 1.28. The molecule has 0 aliphatic rings. The molecule has 0 aliphatic carbocycles. The molecule has 5 heteroatoms. The molecule has 0 saturated heterocycles. The van der Waals surface area contributed by atoms with Crippen molar-refractivity contribution in [1.82, 2.24) is 4.72 Å². The van der Waals surface area contributed by atoms with E-state index < -0.39 is 10.0 Å². The first-order valence-corrected chi connectivity index (χ1v) is 7.41. The molecule has 1 rings (SSSR count). The van der Waals surface area contributed by atoms with Gasteiger partial charge in [-0.15, -0.1) is 0 Å². The summed E-state index contributed by atoms with van der Waals surface area (Å²) in [5.74, 6) is 0.851. The van der Waals surface area contributed by atoms with Crippen molar-refractivity contribution in [2.24, 2.45) is 0 Å². The predicted molar refractivity (Wildman–Crippen MR) is 68.6 cm³/mol. The van der Waals surface area contributed by atoms with Gasteiger partial charge in [-0.1, -0.05) is 25.1 Å². The van der Waals surface area contributed by atoms with Crippen LogP contribution >= 0.6 is 0 Å². The number of benzene rings is 1. The maximum absolute atomic E-state index is 11.3. The molecule has 1 aromatic carbocycles. The lowest BCUT2D eigenvalue weighted by Gasteiger charge is -2.17. The molecule has 4 nitrogen and oxygen atoms in total. The van der Waals surface area contributed by atoms with Crippen LogP contribution in [0.5, 0.6) is 5.75 Å².